The minimum absolute atomic E-state index is 0.187. The largest absolute Gasteiger partial charge is 0.313 e. The maximum Gasteiger partial charge on any atom is 0.243 e. The molecule has 0 unspecified atom stereocenters. The van der Waals surface area contributed by atoms with Crippen LogP contribution in [0.3, 0.4) is 0 Å². The van der Waals surface area contributed by atoms with Crippen LogP contribution in [0.2, 0.25) is 5.02 Å². The van der Waals surface area contributed by atoms with Gasteiger partial charge in [0.25, 0.3) is 0 Å². The predicted molar refractivity (Wildman–Crippen MR) is 69.7 cm³/mol. The van der Waals surface area contributed by atoms with Gasteiger partial charge >= 0.3 is 0 Å². The van der Waals surface area contributed by atoms with Gasteiger partial charge in [0.1, 0.15) is 4.90 Å². The van der Waals surface area contributed by atoms with Crippen molar-refractivity contribution >= 4 is 21.6 Å². The highest BCUT2D eigenvalue weighted by molar-refractivity contribution is 7.89. The number of halogens is 2. The van der Waals surface area contributed by atoms with E-state index in [1.54, 1.807) is 0 Å². The Kier molecular flexibility index (Phi) is 5.52. The Labute approximate surface area is 112 Å². The Morgan fingerprint density at radius 1 is 1.33 bits per heavy atom. The molecule has 0 amide bonds. The average Bonchev–Trinajstić information content (AvgIpc) is 2.28. The Balaban J connectivity index is 2.72. The van der Waals surface area contributed by atoms with E-state index in [1.165, 1.54) is 18.2 Å². The lowest BCUT2D eigenvalue weighted by molar-refractivity contribution is 0.546. The standard InChI is InChI=1S/C11H16ClFN2O2S/c1-8(2)14-6-7-15-18(16,17)10-5-3-4-9(12)11(10)13/h3-5,8,14-15H,6-7H2,1-2H3. The number of nitrogens with one attached hydrogen (secondary N) is 2. The summed E-state index contributed by atoms with van der Waals surface area (Å²) < 4.78 is 39.5. The SMILES string of the molecule is CC(C)NCCNS(=O)(=O)c1cccc(Cl)c1F. The molecule has 0 fully saturated rings. The van der Waals surface area contributed by atoms with Crippen LogP contribution in [0.25, 0.3) is 0 Å². The third kappa shape index (κ3) is 4.20. The third-order valence-corrected chi connectivity index (χ3v) is 3.95. The Hall–Kier alpha value is -0.690. The molecule has 0 aliphatic carbocycles. The van der Waals surface area contributed by atoms with Crippen molar-refractivity contribution in [3.63, 3.8) is 0 Å². The molecule has 0 saturated heterocycles. The fourth-order valence-corrected chi connectivity index (χ4v) is 2.68. The molecule has 4 nitrogen and oxygen atoms in total. The lowest BCUT2D eigenvalue weighted by atomic mass is 10.3. The highest BCUT2D eigenvalue weighted by Crippen LogP contribution is 2.21. The van der Waals surface area contributed by atoms with Crippen LogP contribution < -0.4 is 10.0 Å². The molecule has 0 radical (unpaired) electrons. The van der Waals surface area contributed by atoms with Gasteiger partial charge in [-0.3, -0.25) is 0 Å². The molecule has 0 heterocycles. The van der Waals surface area contributed by atoms with Crippen molar-refractivity contribution in [1.29, 1.82) is 0 Å². The van der Waals surface area contributed by atoms with Gasteiger partial charge in [-0.25, -0.2) is 17.5 Å². The zero-order valence-corrected chi connectivity index (χ0v) is 11.8. The van der Waals surface area contributed by atoms with Gasteiger partial charge in [-0.1, -0.05) is 31.5 Å². The van der Waals surface area contributed by atoms with E-state index in [2.05, 4.69) is 10.0 Å². The van der Waals surface area contributed by atoms with E-state index in [0.29, 0.717) is 6.54 Å². The zero-order chi connectivity index (χ0) is 13.8. The molecule has 7 heteroatoms. The van der Waals surface area contributed by atoms with Crippen molar-refractivity contribution < 1.29 is 12.8 Å². The summed E-state index contributed by atoms with van der Waals surface area (Å²) in [6.45, 7) is 4.56. The first-order chi connectivity index (χ1) is 8.34. The lowest BCUT2D eigenvalue weighted by Gasteiger charge is -2.10. The first kappa shape index (κ1) is 15.4. The first-order valence-corrected chi connectivity index (χ1v) is 7.38. The fraction of sp³-hybridized carbons (Fsp3) is 0.455. The Morgan fingerprint density at radius 2 is 2.00 bits per heavy atom. The zero-order valence-electron chi connectivity index (χ0n) is 10.2. The van der Waals surface area contributed by atoms with Crippen LogP contribution in [0.5, 0.6) is 0 Å². The average molecular weight is 295 g/mol. The maximum atomic E-state index is 13.6. The van der Waals surface area contributed by atoms with Gasteiger partial charge in [-0.05, 0) is 12.1 Å². The number of hydrogen-bond donors (Lipinski definition) is 2. The smallest absolute Gasteiger partial charge is 0.243 e. The summed E-state index contributed by atoms with van der Waals surface area (Å²) in [7, 11) is -3.86. The summed E-state index contributed by atoms with van der Waals surface area (Å²) in [6.07, 6.45) is 0. The molecule has 0 spiro atoms. The molecule has 102 valence electrons. The van der Waals surface area contributed by atoms with Crippen LogP contribution >= 0.6 is 11.6 Å². The van der Waals surface area contributed by atoms with E-state index in [9.17, 15) is 12.8 Å². The van der Waals surface area contributed by atoms with Gasteiger partial charge in [0.05, 0.1) is 5.02 Å². The quantitative estimate of drug-likeness (QED) is 0.786. The number of sulfonamides is 1. The van der Waals surface area contributed by atoms with E-state index in [-0.39, 0.29) is 17.6 Å². The van der Waals surface area contributed by atoms with Crippen LogP contribution in [0.15, 0.2) is 23.1 Å². The highest BCUT2D eigenvalue weighted by atomic mass is 35.5. The minimum atomic E-state index is -3.86. The molecule has 0 saturated carbocycles. The van der Waals surface area contributed by atoms with Gasteiger partial charge in [0.2, 0.25) is 10.0 Å². The summed E-state index contributed by atoms with van der Waals surface area (Å²) in [5, 5.41) is 2.84. The van der Waals surface area contributed by atoms with E-state index in [4.69, 9.17) is 11.6 Å². The topological polar surface area (TPSA) is 58.2 Å². The summed E-state index contributed by atoms with van der Waals surface area (Å²) in [5.41, 5.74) is 0. The van der Waals surface area contributed by atoms with Gasteiger partial charge < -0.3 is 5.32 Å². The molecule has 0 aromatic heterocycles. The van der Waals surface area contributed by atoms with Crippen LogP contribution in [0.4, 0.5) is 4.39 Å². The van der Waals surface area contributed by atoms with Crippen molar-refractivity contribution in [2.75, 3.05) is 13.1 Å². The second-order valence-electron chi connectivity index (χ2n) is 4.06. The van der Waals surface area contributed by atoms with Gasteiger partial charge in [-0.2, -0.15) is 0 Å². The van der Waals surface area contributed by atoms with E-state index in [1.807, 2.05) is 13.8 Å². The molecule has 1 aromatic rings. The number of rotatable bonds is 6. The lowest BCUT2D eigenvalue weighted by Crippen LogP contribution is -2.34. The van der Waals surface area contributed by atoms with E-state index < -0.39 is 20.7 Å². The molecule has 0 bridgehead atoms. The molecule has 1 rings (SSSR count). The van der Waals surface area contributed by atoms with Crippen molar-refractivity contribution in [3.8, 4) is 0 Å². The highest BCUT2D eigenvalue weighted by Gasteiger charge is 2.19. The van der Waals surface area contributed by atoms with Crippen LogP contribution in [0, 0.1) is 5.82 Å². The molecule has 1 aromatic carbocycles. The summed E-state index contributed by atoms with van der Waals surface area (Å²) in [4.78, 5) is -0.431. The Bertz CT molecular complexity index is 506. The molecule has 18 heavy (non-hydrogen) atoms. The van der Waals surface area contributed by atoms with E-state index >= 15 is 0 Å². The van der Waals surface area contributed by atoms with Crippen molar-refractivity contribution in [1.82, 2.24) is 10.0 Å². The first-order valence-electron chi connectivity index (χ1n) is 5.51. The summed E-state index contributed by atoms with van der Waals surface area (Å²) >= 11 is 5.54. The predicted octanol–water partition coefficient (Wildman–Crippen LogP) is 1.76. The van der Waals surface area contributed by atoms with Crippen molar-refractivity contribution in [2.24, 2.45) is 0 Å². The second kappa shape index (κ2) is 6.47. The molecule has 0 aliphatic rings. The summed E-state index contributed by atoms with van der Waals surface area (Å²) in [6, 6.07) is 4.14. The summed E-state index contributed by atoms with van der Waals surface area (Å²) in [5.74, 6) is -0.927. The van der Waals surface area contributed by atoms with E-state index in [0.717, 1.165) is 0 Å². The molecule has 2 N–H and O–H groups in total. The number of hydrogen-bond acceptors (Lipinski definition) is 3. The number of benzene rings is 1. The van der Waals surface area contributed by atoms with Crippen LogP contribution in [-0.4, -0.2) is 27.5 Å². The van der Waals surface area contributed by atoms with Crippen molar-refractivity contribution in [2.45, 2.75) is 24.8 Å². The minimum Gasteiger partial charge on any atom is -0.313 e. The van der Waals surface area contributed by atoms with Crippen LogP contribution in [-0.2, 0) is 10.0 Å². The fourth-order valence-electron chi connectivity index (χ4n) is 1.32. The third-order valence-electron chi connectivity index (χ3n) is 2.18. The molecule has 0 atom stereocenters. The maximum absolute atomic E-state index is 13.6. The van der Waals surface area contributed by atoms with Gasteiger partial charge in [0, 0.05) is 19.1 Å². The second-order valence-corrected chi connectivity index (χ2v) is 6.20. The Morgan fingerprint density at radius 3 is 2.61 bits per heavy atom. The van der Waals surface area contributed by atoms with Crippen LogP contribution in [0.1, 0.15) is 13.8 Å². The normalized spacial score (nSPS) is 12.1. The van der Waals surface area contributed by atoms with Gasteiger partial charge in [0.15, 0.2) is 5.82 Å². The molecular formula is C11H16ClFN2O2S. The molecule has 0 aliphatic heterocycles. The molecular weight excluding hydrogens is 279 g/mol. The van der Waals surface area contributed by atoms with Crippen molar-refractivity contribution in [3.05, 3.63) is 29.0 Å². The van der Waals surface area contributed by atoms with Gasteiger partial charge in [-0.15, -0.1) is 0 Å². The monoisotopic (exact) mass is 294 g/mol.